The van der Waals surface area contributed by atoms with Crippen molar-refractivity contribution < 1.29 is 14.3 Å². The van der Waals surface area contributed by atoms with Crippen LogP contribution in [0.25, 0.3) is 0 Å². The Morgan fingerprint density at radius 3 is 2.40 bits per heavy atom. The largest absolute Gasteiger partial charge is 0.483 e. The normalized spacial score (nSPS) is 7.30. The summed E-state index contributed by atoms with van der Waals surface area (Å²) < 4.78 is 11.8. The van der Waals surface area contributed by atoms with E-state index in [-0.39, 0.29) is 6.47 Å². The van der Waals surface area contributed by atoms with Crippen LogP contribution in [0, 0.1) is 5.95 Å². The molecule has 4 heteroatoms. The molecule has 1 rings (SSSR count). The Morgan fingerprint density at radius 1 is 1.60 bits per heavy atom. The van der Waals surface area contributed by atoms with Crippen LogP contribution in [0.4, 0.5) is 4.39 Å². The Bertz CT molecular complexity index is 178. The van der Waals surface area contributed by atoms with Crippen LogP contribution >= 0.6 is 0 Å². The summed E-state index contributed by atoms with van der Waals surface area (Å²) in [5, 5.41) is 6.89. The SMILES string of the molecule is Fc1ccccn1.O=CO. The summed E-state index contributed by atoms with van der Waals surface area (Å²) in [4.78, 5) is 11.7. The minimum Gasteiger partial charge on any atom is -0.483 e. The molecule has 0 unspecified atom stereocenters. The zero-order valence-corrected chi connectivity index (χ0v) is 5.07. The molecule has 0 radical (unpaired) electrons. The van der Waals surface area contributed by atoms with Crippen LogP contribution < -0.4 is 0 Å². The first-order chi connectivity index (χ1) is 4.81. The molecule has 0 aromatic carbocycles. The van der Waals surface area contributed by atoms with Gasteiger partial charge in [-0.25, -0.2) is 4.98 Å². The Morgan fingerprint density at radius 2 is 2.20 bits per heavy atom. The number of aromatic nitrogens is 1. The van der Waals surface area contributed by atoms with E-state index in [4.69, 9.17) is 9.90 Å². The van der Waals surface area contributed by atoms with Crippen LogP contribution in [0.15, 0.2) is 24.4 Å². The first-order valence-electron chi connectivity index (χ1n) is 2.45. The van der Waals surface area contributed by atoms with Crippen molar-refractivity contribution in [1.82, 2.24) is 4.98 Å². The lowest BCUT2D eigenvalue weighted by Gasteiger charge is -1.78. The van der Waals surface area contributed by atoms with E-state index in [2.05, 4.69) is 4.98 Å². The van der Waals surface area contributed by atoms with Gasteiger partial charge in [-0.1, -0.05) is 6.07 Å². The molecule has 1 heterocycles. The number of nitrogens with zero attached hydrogens (tertiary/aromatic N) is 1. The van der Waals surface area contributed by atoms with Gasteiger partial charge < -0.3 is 5.11 Å². The maximum Gasteiger partial charge on any atom is 0.290 e. The van der Waals surface area contributed by atoms with Gasteiger partial charge in [-0.15, -0.1) is 0 Å². The molecule has 0 bridgehead atoms. The minimum absolute atomic E-state index is 0.250. The van der Waals surface area contributed by atoms with Crippen LogP contribution in [-0.2, 0) is 4.79 Å². The van der Waals surface area contributed by atoms with Crippen molar-refractivity contribution in [2.45, 2.75) is 0 Å². The number of rotatable bonds is 0. The van der Waals surface area contributed by atoms with E-state index < -0.39 is 5.95 Å². The van der Waals surface area contributed by atoms with Crippen molar-refractivity contribution >= 4 is 6.47 Å². The molecular weight excluding hydrogens is 137 g/mol. The molecule has 0 saturated carbocycles. The van der Waals surface area contributed by atoms with E-state index in [1.54, 1.807) is 12.1 Å². The van der Waals surface area contributed by atoms with Crippen molar-refractivity contribution in [2.24, 2.45) is 0 Å². The lowest BCUT2D eigenvalue weighted by molar-refractivity contribution is -0.122. The monoisotopic (exact) mass is 143 g/mol. The summed E-state index contributed by atoms with van der Waals surface area (Å²) in [5.74, 6) is -0.428. The molecule has 0 atom stereocenters. The van der Waals surface area contributed by atoms with Crippen molar-refractivity contribution in [2.75, 3.05) is 0 Å². The van der Waals surface area contributed by atoms with E-state index >= 15 is 0 Å². The van der Waals surface area contributed by atoms with Gasteiger partial charge >= 0.3 is 0 Å². The number of hydrogen-bond acceptors (Lipinski definition) is 2. The lowest BCUT2D eigenvalue weighted by atomic mass is 10.5. The van der Waals surface area contributed by atoms with Gasteiger partial charge in [0.25, 0.3) is 6.47 Å². The average Bonchev–Trinajstić information content (AvgIpc) is 1.91. The molecule has 0 aliphatic carbocycles. The Kier molecular flexibility index (Phi) is 4.86. The summed E-state index contributed by atoms with van der Waals surface area (Å²) in [7, 11) is 0. The van der Waals surface area contributed by atoms with E-state index in [1.165, 1.54) is 12.3 Å². The molecule has 1 aromatic rings. The quantitative estimate of drug-likeness (QED) is 0.434. The molecule has 0 amide bonds. The maximum absolute atomic E-state index is 11.8. The summed E-state index contributed by atoms with van der Waals surface area (Å²) in [6, 6.07) is 4.57. The van der Waals surface area contributed by atoms with E-state index in [9.17, 15) is 4.39 Å². The smallest absolute Gasteiger partial charge is 0.290 e. The fraction of sp³-hybridized carbons (Fsp3) is 0. The molecule has 0 saturated heterocycles. The van der Waals surface area contributed by atoms with Gasteiger partial charge in [0.15, 0.2) is 0 Å². The van der Waals surface area contributed by atoms with Crippen LogP contribution in [0.2, 0.25) is 0 Å². The van der Waals surface area contributed by atoms with Gasteiger partial charge in [-0.2, -0.15) is 4.39 Å². The highest BCUT2D eigenvalue weighted by atomic mass is 19.1. The third-order valence-electron chi connectivity index (χ3n) is 0.629. The summed E-state index contributed by atoms with van der Waals surface area (Å²) in [5.41, 5.74) is 0. The fourth-order valence-electron chi connectivity index (χ4n) is 0.342. The first kappa shape index (κ1) is 8.55. The number of halogens is 1. The number of pyridine rings is 1. The Hall–Kier alpha value is -1.45. The molecule has 54 valence electrons. The molecule has 0 fully saturated rings. The van der Waals surface area contributed by atoms with Crippen LogP contribution in [-0.4, -0.2) is 16.6 Å². The second-order valence-electron chi connectivity index (χ2n) is 1.26. The molecule has 10 heavy (non-hydrogen) atoms. The first-order valence-corrected chi connectivity index (χ1v) is 2.45. The molecule has 0 aliphatic heterocycles. The minimum atomic E-state index is -0.428. The van der Waals surface area contributed by atoms with Gasteiger partial charge in [0.05, 0.1) is 0 Å². The standard InChI is InChI=1S/C5H4FN.CH2O2/c6-5-3-1-2-4-7-5;2-1-3/h1-4H;1H,(H,2,3). The Balaban J connectivity index is 0.000000236. The highest BCUT2D eigenvalue weighted by molar-refractivity contribution is 5.32. The maximum atomic E-state index is 11.8. The van der Waals surface area contributed by atoms with Gasteiger partial charge in [-0.05, 0) is 12.1 Å². The van der Waals surface area contributed by atoms with Crippen molar-refractivity contribution in [1.29, 1.82) is 0 Å². The van der Waals surface area contributed by atoms with Crippen molar-refractivity contribution in [3.05, 3.63) is 30.3 Å². The molecule has 0 spiro atoms. The number of hydrogen-bond donors (Lipinski definition) is 1. The van der Waals surface area contributed by atoms with Crippen molar-refractivity contribution in [3.63, 3.8) is 0 Å². The summed E-state index contributed by atoms with van der Waals surface area (Å²) in [6.07, 6.45) is 1.41. The third kappa shape index (κ3) is 4.70. The molecule has 3 nitrogen and oxygen atoms in total. The predicted octanol–water partition coefficient (Wildman–Crippen LogP) is 0.921. The summed E-state index contributed by atoms with van der Waals surface area (Å²) >= 11 is 0. The number of carbonyl (C=O) groups is 1. The second kappa shape index (κ2) is 5.68. The van der Waals surface area contributed by atoms with Gasteiger partial charge in [0.1, 0.15) is 0 Å². The zero-order chi connectivity index (χ0) is 7.82. The summed E-state index contributed by atoms with van der Waals surface area (Å²) in [6.45, 7) is -0.250. The van der Waals surface area contributed by atoms with Gasteiger partial charge in [0, 0.05) is 6.20 Å². The molecule has 1 aromatic heterocycles. The zero-order valence-electron chi connectivity index (χ0n) is 5.07. The predicted molar refractivity (Wildman–Crippen MR) is 32.9 cm³/mol. The molecule has 1 N–H and O–H groups in total. The van der Waals surface area contributed by atoms with E-state index in [0.29, 0.717) is 0 Å². The highest BCUT2D eigenvalue weighted by Gasteiger charge is 1.78. The van der Waals surface area contributed by atoms with Crippen LogP contribution in [0.3, 0.4) is 0 Å². The van der Waals surface area contributed by atoms with E-state index in [0.717, 1.165) is 0 Å². The van der Waals surface area contributed by atoms with Crippen LogP contribution in [0.1, 0.15) is 0 Å². The molecule has 0 aliphatic rings. The van der Waals surface area contributed by atoms with E-state index in [1.807, 2.05) is 0 Å². The molecular formula is C6H6FNO2. The third-order valence-corrected chi connectivity index (χ3v) is 0.629. The second-order valence-corrected chi connectivity index (χ2v) is 1.26. The highest BCUT2D eigenvalue weighted by Crippen LogP contribution is 1.85. The average molecular weight is 143 g/mol. The number of carboxylic acid groups (broad SMARTS) is 1. The van der Waals surface area contributed by atoms with Crippen LogP contribution in [0.5, 0.6) is 0 Å². The topological polar surface area (TPSA) is 50.2 Å². The Labute approximate surface area is 57.1 Å². The lowest BCUT2D eigenvalue weighted by Crippen LogP contribution is -1.73. The van der Waals surface area contributed by atoms with Gasteiger partial charge in [-0.3, -0.25) is 4.79 Å². The van der Waals surface area contributed by atoms with Gasteiger partial charge in [0.2, 0.25) is 5.95 Å². The van der Waals surface area contributed by atoms with Crippen molar-refractivity contribution in [3.8, 4) is 0 Å². The fourth-order valence-corrected chi connectivity index (χ4v) is 0.342.